The van der Waals surface area contributed by atoms with E-state index < -0.39 is 5.97 Å². The fourth-order valence-electron chi connectivity index (χ4n) is 1.67. The van der Waals surface area contributed by atoms with Crippen LogP contribution in [0.15, 0.2) is 22.4 Å². The molecular weight excluding hydrogens is 254 g/mol. The van der Waals surface area contributed by atoms with Crippen molar-refractivity contribution in [1.29, 1.82) is 0 Å². The largest absolute Gasteiger partial charge is 0.480 e. The van der Waals surface area contributed by atoms with E-state index in [1.165, 1.54) is 21.8 Å². The minimum atomic E-state index is -0.884. The summed E-state index contributed by atoms with van der Waals surface area (Å²) in [7, 11) is 0. The van der Waals surface area contributed by atoms with Crippen LogP contribution in [0.2, 0.25) is 0 Å². The number of aliphatic carboxylic acids is 1. The molecule has 0 aliphatic heterocycles. The second kappa shape index (κ2) is 5.28. The summed E-state index contributed by atoms with van der Waals surface area (Å²) in [5.74, 6) is -0.884. The molecule has 0 saturated carbocycles. The van der Waals surface area contributed by atoms with E-state index in [0.717, 1.165) is 0 Å². The molecule has 0 atom stereocenters. The van der Waals surface area contributed by atoms with E-state index in [0.29, 0.717) is 23.7 Å². The second-order valence-electron chi connectivity index (χ2n) is 3.84. The maximum absolute atomic E-state index is 11.7. The normalized spacial score (nSPS) is 11.2. The zero-order valence-electron chi connectivity index (χ0n) is 9.87. The minimum absolute atomic E-state index is 0.0536. The lowest BCUT2D eigenvalue weighted by Crippen LogP contribution is -2.30. The first kappa shape index (κ1) is 12.7. The van der Waals surface area contributed by atoms with Gasteiger partial charge in [0.2, 0.25) is 0 Å². The number of nitrogens with zero attached hydrogens (tertiary/aromatic N) is 3. The quantitative estimate of drug-likeness (QED) is 0.861. The molecule has 2 aromatic rings. The lowest BCUT2D eigenvalue weighted by Gasteiger charge is -2.16. The van der Waals surface area contributed by atoms with Crippen LogP contribution >= 0.6 is 11.3 Å². The van der Waals surface area contributed by atoms with E-state index in [-0.39, 0.29) is 12.1 Å². The summed E-state index contributed by atoms with van der Waals surface area (Å²) in [4.78, 5) is 29.1. The Kier molecular flexibility index (Phi) is 3.73. The van der Waals surface area contributed by atoms with Crippen molar-refractivity contribution in [2.45, 2.75) is 13.5 Å². The molecule has 2 heterocycles. The number of hydrogen-bond donors (Lipinski definition) is 1. The first-order valence-electron chi connectivity index (χ1n) is 5.50. The number of likely N-dealkylation sites (N-methyl/N-ethyl adjacent to an activating group) is 1. The summed E-state index contributed by atoms with van der Waals surface area (Å²) >= 11 is 1.38. The summed E-state index contributed by atoms with van der Waals surface area (Å²) in [6.45, 7) is 2.78. The number of rotatable bonds is 5. The first-order valence-corrected chi connectivity index (χ1v) is 6.38. The molecule has 0 aromatic carbocycles. The summed E-state index contributed by atoms with van der Waals surface area (Å²) in [6, 6.07) is 1.45. The molecule has 1 N–H and O–H groups in total. The van der Waals surface area contributed by atoms with E-state index in [9.17, 15) is 9.59 Å². The van der Waals surface area contributed by atoms with Crippen molar-refractivity contribution in [3.8, 4) is 0 Å². The van der Waals surface area contributed by atoms with E-state index in [1.54, 1.807) is 16.5 Å². The Balaban J connectivity index is 2.25. The SMILES string of the molecule is CCN(CC(=O)O)Cc1cc(=O)n2ccsc2n1. The van der Waals surface area contributed by atoms with E-state index in [1.807, 2.05) is 6.92 Å². The van der Waals surface area contributed by atoms with Gasteiger partial charge in [-0.2, -0.15) is 0 Å². The molecule has 0 aliphatic rings. The molecular formula is C11H13N3O3S. The van der Waals surface area contributed by atoms with E-state index in [2.05, 4.69) is 4.98 Å². The maximum Gasteiger partial charge on any atom is 0.317 e. The monoisotopic (exact) mass is 267 g/mol. The Hall–Kier alpha value is -1.73. The minimum Gasteiger partial charge on any atom is -0.480 e. The molecule has 2 rings (SSSR count). The molecule has 2 aromatic heterocycles. The van der Waals surface area contributed by atoms with Crippen LogP contribution in [0.25, 0.3) is 4.96 Å². The lowest BCUT2D eigenvalue weighted by atomic mass is 10.3. The average Bonchev–Trinajstić information content (AvgIpc) is 2.76. The van der Waals surface area contributed by atoms with Gasteiger partial charge in [-0.15, -0.1) is 11.3 Å². The van der Waals surface area contributed by atoms with Crippen LogP contribution < -0.4 is 5.56 Å². The van der Waals surface area contributed by atoms with E-state index >= 15 is 0 Å². The Morgan fingerprint density at radius 3 is 3.06 bits per heavy atom. The molecule has 18 heavy (non-hydrogen) atoms. The van der Waals surface area contributed by atoms with Gasteiger partial charge in [-0.05, 0) is 6.54 Å². The lowest BCUT2D eigenvalue weighted by molar-refractivity contribution is -0.138. The molecule has 0 fully saturated rings. The van der Waals surface area contributed by atoms with Gasteiger partial charge in [0.05, 0.1) is 12.2 Å². The Bertz CT molecular complexity index is 619. The van der Waals surface area contributed by atoms with Crippen molar-refractivity contribution in [2.24, 2.45) is 0 Å². The fourth-order valence-corrected chi connectivity index (χ4v) is 2.41. The fraction of sp³-hybridized carbons (Fsp3) is 0.364. The highest BCUT2D eigenvalue weighted by atomic mass is 32.1. The molecule has 7 heteroatoms. The van der Waals surface area contributed by atoms with Gasteiger partial charge in [-0.3, -0.25) is 18.9 Å². The Morgan fingerprint density at radius 1 is 1.61 bits per heavy atom. The third kappa shape index (κ3) is 2.74. The van der Waals surface area contributed by atoms with E-state index in [4.69, 9.17) is 5.11 Å². The third-order valence-electron chi connectivity index (χ3n) is 2.55. The molecule has 6 nitrogen and oxygen atoms in total. The number of carboxylic acids is 1. The summed E-state index contributed by atoms with van der Waals surface area (Å²) in [5.41, 5.74) is 0.466. The zero-order chi connectivity index (χ0) is 13.1. The maximum atomic E-state index is 11.7. The highest BCUT2D eigenvalue weighted by Crippen LogP contribution is 2.08. The molecule has 0 unspecified atom stereocenters. The van der Waals surface area contributed by atoms with Crippen LogP contribution in [0.1, 0.15) is 12.6 Å². The van der Waals surface area contributed by atoms with Crippen molar-refractivity contribution in [3.63, 3.8) is 0 Å². The van der Waals surface area contributed by atoms with Gasteiger partial charge in [0.1, 0.15) is 0 Å². The molecule has 0 bridgehead atoms. The van der Waals surface area contributed by atoms with Crippen molar-refractivity contribution < 1.29 is 9.90 Å². The molecule has 0 aliphatic carbocycles. The number of thiazole rings is 1. The van der Waals surface area contributed by atoms with Gasteiger partial charge in [-0.1, -0.05) is 6.92 Å². The topological polar surface area (TPSA) is 74.9 Å². The molecule has 0 saturated heterocycles. The highest BCUT2D eigenvalue weighted by Gasteiger charge is 2.10. The van der Waals surface area contributed by atoms with Crippen LogP contribution in [0, 0.1) is 0 Å². The Morgan fingerprint density at radius 2 is 2.39 bits per heavy atom. The zero-order valence-corrected chi connectivity index (χ0v) is 10.7. The van der Waals surface area contributed by atoms with Gasteiger partial charge < -0.3 is 5.11 Å². The number of hydrogen-bond acceptors (Lipinski definition) is 5. The smallest absolute Gasteiger partial charge is 0.317 e. The number of carbonyl (C=O) groups is 1. The third-order valence-corrected chi connectivity index (χ3v) is 3.30. The first-order chi connectivity index (χ1) is 8.60. The molecule has 0 amide bonds. The predicted molar refractivity (Wildman–Crippen MR) is 67.9 cm³/mol. The molecule has 96 valence electrons. The van der Waals surface area contributed by atoms with Crippen LogP contribution in [-0.4, -0.2) is 38.4 Å². The Labute approximate surface area is 107 Å². The summed E-state index contributed by atoms with van der Waals surface area (Å²) in [6.07, 6.45) is 1.67. The van der Waals surface area contributed by atoms with Gasteiger partial charge >= 0.3 is 5.97 Å². The summed E-state index contributed by atoms with van der Waals surface area (Å²) < 4.78 is 1.47. The van der Waals surface area contributed by atoms with Gasteiger partial charge in [0.15, 0.2) is 4.96 Å². The second-order valence-corrected chi connectivity index (χ2v) is 4.71. The number of fused-ring (bicyclic) bond motifs is 1. The van der Waals surface area contributed by atoms with Crippen molar-refractivity contribution >= 4 is 22.3 Å². The summed E-state index contributed by atoms with van der Waals surface area (Å²) in [5, 5.41) is 10.6. The van der Waals surface area contributed by atoms with Crippen molar-refractivity contribution in [2.75, 3.05) is 13.1 Å². The predicted octanol–water partition coefficient (Wildman–Crippen LogP) is 0.662. The van der Waals surface area contributed by atoms with Crippen molar-refractivity contribution in [1.82, 2.24) is 14.3 Å². The number of aromatic nitrogens is 2. The van der Waals surface area contributed by atoms with Gasteiger partial charge in [0.25, 0.3) is 5.56 Å². The standard InChI is InChI=1S/C11H13N3O3S/c1-2-13(7-10(16)17)6-8-5-9(15)14-3-4-18-11(14)12-8/h3-5H,2,6-7H2,1H3,(H,16,17). The van der Waals surface area contributed by atoms with Crippen LogP contribution in [-0.2, 0) is 11.3 Å². The van der Waals surface area contributed by atoms with Gasteiger partial charge in [-0.25, -0.2) is 4.98 Å². The number of carboxylic acid groups (broad SMARTS) is 1. The van der Waals surface area contributed by atoms with Crippen molar-refractivity contribution in [3.05, 3.63) is 33.7 Å². The van der Waals surface area contributed by atoms with Crippen LogP contribution in [0.4, 0.5) is 0 Å². The van der Waals surface area contributed by atoms with Crippen LogP contribution in [0.3, 0.4) is 0 Å². The highest BCUT2D eigenvalue weighted by molar-refractivity contribution is 7.15. The van der Waals surface area contributed by atoms with Crippen LogP contribution in [0.5, 0.6) is 0 Å². The van der Waals surface area contributed by atoms with Gasteiger partial charge in [0, 0.05) is 24.2 Å². The average molecular weight is 267 g/mol. The molecule has 0 radical (unpaired) electrons. The molecule has 0 spiro atoms.